The third-order valence-electron chi connectivity index (χ3n) is 13.6. The molecule has 2 aliphatic heterocycles. The first-order valence-corrected chi connectivity index (χ1v) is 26.8. The summed E-state index contributed by atoms with van der Waals surface area (Å²) in [5.41, 5.74) is 0. The number of carbonyl (C=O) groups is 1. The van der Waals surface area contributed by atoms with Crippen LogP contribution in [0.3, 0.4) is 0 Å². The molecule has 2 fully saturated rings. The van der Waals surface area contributed by atoms with Crippen LogP contribution >= 0.6 is 0 Å². The highest BCUT2D eigenvalue weighted by molar-refractivity contribution is 5.76. The Labute approximate surface area is 393 Å². The van der Waals surface area contributed by atoms with Crippen LogP contribution in [0.1, 0.15) is 226 Å². The number of rotatable bonds is 42. The van der Waals surface area contributed by atoms with Crippen molar-refractivity contribution in [3.63, 3.8) is 0 Å². The molecule has 0 bridgehead atoms. The maximum Gasteiger partial charge on any atom is 0.220 e. The Balaban J connectivity index is 1.81. The van der Waals surface area contributed by atoms with E-state index in [-0.39, 0.29) is 12.5 Å². The maximum absolute atomic E-state index is 13.2. The van der Waals surface area contributed by atoms with E-state index in [1.54, 1.807) is 0 Å². The van der Waals surface area contributed by atoms with Crippen LogP contribution in [-0.2, 0) is 23.7 Å². The molecular formula is C51H99NO13. The van der Waals surface area contributed by atoms with Crippen LogP contribution in [0.25, 0.3) is 0 Å². The lowest BCUT2D eigenvalue weighted by molar-refractivity contribution is -0.359. The third-order valence-corrected chi connectivity index (χ3v) is 13.6. The van der Waals surface area contributed by atoms with E-state index in [4.69, 9.17) is 18.9 Å². The first-order valence-electron chi connectivity index (χ1n) is 26.8. The van der Waals surface area contributed by atoms with E-state index in [0.29, 0.717) is 12.8 Å². The number of ether oxygens (including phenoxy) is 4. The number of aliphatic hydroxyl groups excluding tert-OH is 8. The van der Waals surface area contributed by atoms with Gasteiger partial charge in [0.05, 0.1) is 32.0 Å². The second-order valence-corrected chi connectivity index (χ2v) is 19.4. The van der Waals surface area contributed by atoms with E-state index in [2.05, 4.69) is 19.2 Å². The molecule has 9 N–H and O–H groups in total. The Hall–Kier alpha value is -1.01. The molecule has 14 heteroatoms. The van der Waals surface area contributed by atoms with Gasteiger partial charge in [-0.2, -0.15) is 0 Å². The average Bonchev–Trinajstić information content (AvgIpc) is 3.30. The van der Waals surface area contributed by atoms with E-state index in [1.165, 1.54) is 148 Å². The quantitative estimate of drug-likeness (QED) is 0.0273. The highest BCUT2D eigenvalue weighted by Crippen LogP contribution is 2.30. The number of amides is 1. The van der Waals surface area contributed by atoms with Crippen molar-refractivity contribution in [3.05, 3.63) is 0 Å². The monoisotopic (exact) mass is 934 g/mol. The Kier molecular flexibility index (Phi) is 35.9. The zero-order chi connectivity index (χ0) is 47.5. The molecule has 0 aromatic heterocycles. The SMILES string of the molecule is CCCCCCCCCCCCCCCCCC[C@@H](O)[C@H](CO[C@@H]1O[C@H](CO)[C@@H](O[C@@H]2O[C@H](CO)[C@H](O)C(O)C2O)C(O)C1O)NC(=O)CCCCCCCCCCCCCCCCC. The van der Waals surface area contributed by atoms with Crippen molar-refractivity contribution < 1.29 is 64.6 Å². The van der Waals surface area contributed by atoms with E-state index in [9.17, 15) is 45.6 Å². The average molecular weight is 934 g/mol. The largest absolute Gasteiger partial charge is 0.394 e. The highest BCUT2D eigenvalue weighted by atomic mass is 16.7. The molecule has 1 amide bonds. The molecule has 2 saturated heterocycles. The topological polar surface area (TPSA) is 228 Å². The molecule has 2 heterocycles. The molecular weight excluding hydrogens is 835 g/mol. The van der Waals surface area contributed by atoms with Gasteiger partial charge in [0.2, 0.25) is 5.91 Å². The van der Waals surface area contributed by atoms with Crippen molar-refractivity contribution in [2.24, 2.45) is 0 Å². The molecule has 386 valence electrons. The number of unbranched alkanes of at least 4 members (excludes halogenated alkanes) is 29. The molecule has 0 aliphatic carbocycles. The fourth-order valence-corrected chi connectivity index (χ4v) is 9.18. The smallest absolute Gasteiger partial charge is 0.220 e. The molecule has 0 aromatic carbocycles. The van der Waals surface area contributed by atoms with Crippen LogP contribution in [-0.4, -0.2) is 140 Å². The number of hydrogen-bond donors (Lipinski definition) is 9. The Morgan fingerprint density at radius 1 is 0.492 bits per heavy atom. The van der Waals surface area contributed by atoms with Gasteiger partial charge in [-0.05, 0) is 12.8 Å². The fourth-order valence-electron chi connectivity index (χ4n) is 9.18. The van der Waals surface area contributed by atoms with Crippen molar-refractivity contribution in [2.75, 3.05) is 19.8 Å². The van der Waals surface area contributed by atoms with Crippen LogP contribution in [0.15, 0.2) is 0 Å². The summed E-state index contributed by atoms with van der Waals surface area (Å²) in [5, 5.41) is 87.0. The van der Waals surface area contributed by atoms with Crippen molar-refractivity contribution in [1.29, 1.82) is 0 Å². The molecule has 0 spiro atoms. The summed E-state index contributed by atoms with van der Waals surface area (Å²) in [7, 11) is 0. The van der Waals surface area contributed by atoms with Crippen LogP contribution in [0, 0.1) is 0 Å². The maximum atomic E-state index is 13.2. The zero-order valence-electron chi connectivity index (χ0n) is 41.0. The minimum absolute atomic E-state index is 0.203. The molecule has 12 atom stereocenters. The van der Waals surface area contributed by atoms with Gasteiger partial charge in [-0.15, -0.1) is 0 Å². The van der Waals surface area contributed by atoms with E-state index in [0.717, 1.165) is 51.4 Å². The number of aliphatic hydroxyl groups is 8. The normalized spacial score (nSPS) is 26.9. The molecule has 0 saturated carbocycles. The number of hydrogen-bond acceptors (Lipinski definition) is 13. The van der Waals surface area contributed by atoms with Crippen LogP contribution in [0.2, 0.25) is 0 Å². The Morgan fingerprint density at radius 3 is 1.31 bits per heavy atom. The van der Waals surface area contributed by atoms with E-state index >= 15 is 0 Å². The van der Waals surface area contributed by atoms with Gasteiger partial charge < -0.3 is 65.1 Å². The minimum Gasteiger partial charge on any atom is -0.394 e. The number of carbonyl (C=O) groups excluding carboxylic acids is 1. The lowest BCUT2D eigenvalue weighted by Gasteiger charge is -2.46. The summed E-state index contributed by atoms with van der Waals surface area (Å²) >= 11 is 0. The van der Waals surface area contributed by atoms with Crippen LogP contribution in [0.5, 0.6) is 0 Å². The van der Waals surface area contributed by atoms with Gasteiger partial charge in [-0.3, -0.25) is 4.79 Å². The predicted molar refractivity (Wildman–Crippen MR) is 254 cm³/mol. The van der Waals surface area contributed by atoms with Gasteiger partial charge >= 0.3 is 0 Å². The molecule has 2 aliphatic rings. The van der Waals surface area contributed by atoms with Gasteiger partial charge in [0.15, 0.2) is 12.6 Å². The third kappa shape index (κ3) is 26.0. The predicted octanol–water partition coefficient (Wildman–Crippen LogP) is 7.39. The Morgan fingerprint density at radius 2 is 0.877 bits per heavy atom. The van der Waals surface area contributed by atoms with Gasteiger partial charge in [0.1, 0.15) is 48.8 Å². The summed E-state index contributed by atoms with van der Waals surface area (Å²) in [4.78, 5) is 13.2. The summed E-state index contributed by atoms with van der Waals surface area (Å²) in [6.07, 6.45) is 22.4. The van der Waals surface area contributed by atoms with E-state index < -0.39 is 86.8 Å². The standard InChI is InChI=1S/C51H99NO13/c1-3-5-7-9-11-13-15-17-19-21-22-24-26-28-30-32-34-40(55)39(52-43(56)35-33-31-29-27-25-23-20-18-16-14-12-10-8-6-4-2)38-62-50-48(61)46(59)49(42(37-54)64-50)65-51-47(60)45(58)44(57)41(36-53)63-51/h39-42,44-51,53-55,57-61H,3-38H2,1-2H3,(H,52,56)/t39-,40+,41+,42+,44-,45?,46?,47?,48?,49+,50+,51-/m0/s1. The minimum atomic E-state index is -1.78. The van der Waals surface area contributed by atoms with Gasteiger partial charge in [0, 0.05) is 6.42 Å². The summed E-state index contributed by atoms with van der Waals surface area (Å²) in [5.74, 6) is -0.203. The molecule has 14 nitrogen and oxygen atoms in total. The van der Waals surface area contributed by atoms with Crippen molar-refractivity contribution in [3.8, 4) is 0 Å². The molecule has 0 radical (unpaired) electrons. The van der Waals surface area contributed by atoms with Gasteiger partial charge in [0.25, 0.3) is 0 Å². The summed E-state index contributed by atoms with van der Waals surface area (Å²) in [6.45, 7) is 2.87. The number of nitrogens with one attached hydrogen (secondary N) is 1. The van der Waals surface area contributed by atoms with Crippen LogP contribution in [0.4, 0.5) is 0 Å². The van der Waals surface area contributed by atoms with Gasteiger partial charge in [-0.25, -0.2) is 0 Å². The second kappa shape index (κ2) is 38.8. The highest BCUT2D eigenvalue weighted by Gasteiger charge is 2.51. The van der Waals surface area contributed by atoms with Gasteiger partial charge in [-0.1, -0.05) is 206 Å². The van der Waals surface area contributed by atoms with Crippen molar-refractivity contribution >= 4 is 5.91 Å². The lowest BCUT2D eigenvalue weighted by atomic mass is 9.97. The van der Waals surface area contributed by atoms with Crippen molar-refractivity contribution in [2.45, 2.75) is 299 Å². The first-order chi connectivity index (χ1) is 31.6. The molecule has 0 aromatic rings. The molecule has 65 heavy (non-hydrogen) atoms. The zero-order valence-corrected chi connectivity index (χ0v) is 41.0. The molecule has 4 unspecified atom stereocenters. The Bertz CT molecular complexity index is 1100. The summed E-state index contributed by atoms with van der Waals surface area (Å²) < 4.78 is 22.8. The van der Waals surface area contributed by atoms with E-state index in [1.807, 2.05) is 0 Å². The fraction of sp³-hybridized carbons (Fsp3) is 0.980. The second-order valence-electron chi connectivity index (χ2n) is 19.4. The van der Waals surface area contributed by atoms with Crippen LogP contribution < -0.4 is 5.32 Å². The summed E-state index contributed by atoms with van der Waals surface area (Å²) in [6, 6.07) is -0.821. The first kappa shape index (κ1) is 60.1. The molecule has 2 rings (SSSR count). The van der Waals surface area contributed by atoms with Crippen molar-refractivity contribution in [1.82, 2.24) is 5.32 Å². The lowest BCUT2D eigenvalue weighted by Crippen LogP contribution is -2.65.